The molecular formula is C25H18F7N3O4. The van der Waals surface area contributed by atoms with E-state index >= 15 is 8.78 Å². The number of amides is 2. The Kier molecular flexibility index (Phi) is 7.65. The minimum atomic E-state index is -4.92. The van der Waals surface area contributed by atoms with Gasteiger partial charge in [0.15, 0.2) is 0 Å². The number of alkyl halides is 5. The van der Waals surface area contributed by atoms with Gasteiger partial charge in [0, 0.05) is 41.9 Å². The van der Waals surface area contributed by atoms with Gasteiger partial charge in [0.1, 0.15) is 35.0 Å². The molecule has 1 fully saturated rings. The first-order valence-corrected chi connectivity index (χ1v) is 11.1. The van der Waals surface area contributed by atoms with Gasteiger partial charge in [0.25, 0.3) is 11.8 Å². The summed E-state index contributed by atoms with van der Waals surface area (Å²) in [6, 6.07) is 5.91. The van der Waals surface area contributed by atoms with Crippen LogP contribution in [-0.4, -0.2) is 43.1 Å². The molecule has 0 spiro atoms. The van der Waals surface area contributed by atoms with Crippen LogP contribution in [0.3, 0.4) is 0 Å². The van der Waals surface area contributed by atoms with Crippen LogP contribution in [0.1, 0.15) is 27.4 Å². The second kappa shape index (κ2) is 10.8. The van der Waals surface area contributed by atoms with Crippen LogP contribution < -0.4 is 19.7 Å². The lowest BCUT2D eigenvalue weighted by Crippen LogP contribution is -2.44. The van der Waals surface area contributed by atoms with Gasteiger partial charge in [-0.05, 0) is 36.4 Å². The molecular weight excluding hydrogens is 539 g/mol. The number of rotatable bonds is 7. The molecule has 4 rings (SSSR count). The SMILES string of the molecule is COc1cc(F)c([C@@H]2CN(c3ncccc3C(F)(F)F)C(=O)[C@H]2NC(=O)c2ccc(OC(F)F)cc2)c(F)c1. The third kappa shape index (κ3) is 5.73. The minimum absolute atomic E-state index is 0.147. The van der Waals surface area contributed by atoms with E-state index in [0.717, 1.165) is 55.8 Å². The van der Waals surface area contributed by atoms with E-state index < -0.39 is 71.7 Å². The Bertz CT molecular complexity index is 1360. The highest BCUT2D eigenvalue weighted by Crippen LogP contribution is 2.40. The number of halogens is 7. The fourth-order valence-electron chi connectivity index (χ4n) is 4.22. The fourth-order valence-corrected chi connectivity index (χ4v) is 4.22. The van der Waals surface area contributed by atoms with Crippen molar-refractivity contribution in [2.24, 2.45) is 0 Å². The molecule has 2 amide bonds. The van der Waals surface area contributed by atoms with Crippen LogP contribution in [0.2, 0.25) is 0 Å². The van der Waals surface area contributed by atoms with Crippen LogP contribution in [0.15, 0.2) is 54.7 Å². The summed E-state index contributed by atoms with van der Waals surface area (Å²) in [6.07, 6.45) is -3.91. The molecule has 2 atom stereocenters. The molecule has 1 aromatic heterocycles. The van der Waals surface area contributed by atoms with E-state index in [9.17, 15) is 31.5 Å². The number of nitrogens with one attached hydrogen (secondary N) is 1. The first-order valence-electron chi connectivity index (χ1n) is 11.1. The molecule has 14 heteroatoms. The van der Waals surface area contributed by atoms with Gasteiger partial charge in [-0.15, -0.1) is 0 Å². The predicted molar refractivity (Wildman–Crippen MR) is 122 cm³/mol. The molecule has 0 unspecified atom stereocenters. The van der Waals surface area contributed by atoms with Crippen LogP contribution >= 0.6 is 0 Å². The molecule has 0 bridgehead atoms. The Morgan fingerprint density at radius 2 is 1.72 bits per heavy atom. The molecule has 1 N–H and O–H groups in total. The molecule has 2 aromatic carbocycles. The van der Waals surface area contributed by atoms with Crippen molar-refractivity contribution >= 4 is 17.6 Å². The Hall–Kier alpha value is -4.36. The Balaban J connectivity index is 1.73. The van der Waals surface area contributed by atoms with Crippen molar-refractivity contribution in [1.82, 2.24) is 10.3 Å². The van der Waals surface area contributed by atoms with Crippen molar-refractivity contribution in [3.63, 3.8) is 0 Å². The number of benzene rings is 2. The number of carbonyl (C=O) groups is 2. The second-order valence-electron chi connectivity index (χ2n) is 8.29. The molecule has 0 saturated carbocycles. The van der Waals surface area contributed by atoms with E-state index in [2.05, 4.69) is 15.0 Å². The zero-order valence-corrected chi connectivity index (χ0v) is 19.8. The van der Waals surface area contributed by atoms with Gasteiger partial charge < -0.3 is 14.8 Å². The van der Waals surface area contributed by atoms with E-state index in [0.29, 0.717) is 11.0 Å². The number of anilines is 1. The summed E-state index contributed by atoms with van der Waals surface area (Å²) in [5.74, 6) is -7.13. The summed E-state index contributed by atoms with van der Waals surface area (Å²) in [5.41, 5.74) is -2.08. The lowest BCUT2D eigenvalue weighted by Gasteiger charge is -2.20. The minimum Gasteiger partial charge on any atom is -0.497 e. The van der Waals surface area contributed by atoms with Crippen LogP contribution in [0.4, 0.5) is 36.6 Å². The van der Waals surface area contributed by atoms with Crippen LogP contribution in [-0.2, 0) is 11.0 Å². The van der Waals surface area contributed by atoms with Crippen molar-refractivity contribution in [2.75, 3.05) is 18.6 Å². The summed E-state index contributed by atoms with van der Waals surface area (Å²) >= 11 is 0. The zero-order valence-electron chi connectivity index (χ0n) is 19.8. The normalized spacial score (nSPS) is 17.5. The van der Waals surface area contributed by atoms with Crippen molar-refractivity contribution in [1.29, 1.82) is 0 Å². The molecule has 0 aliphatic carbocycles. The van der Waals surface area contributed by atoms with Gasteiger partial charge in [-0.3, -0.25) is 14.5 Å². The largest absolute Gasteiger partial charge is 0.497 e. The van der Waals surface area contributed by atoms with Crippen molar-refractivity contribution in [3.8, 4) is 11.5 Å². The summed E-state index contributed by atoms with van der Waals surface area (Å²) in [5, 5.41) is 2.30. The number of ether oxygens (including phenoxy) is 2. The van der Waals surface area contributed by atoms with E-state index in [1.165, 1.54) is 0 Å². The number of nitrogens with zero attached hydrogens (tertiary/aromatic N) is 2. The lowest BCUT2D eigenvalue weighted by atomic mass is 9.92. The maximum absolute atomic E-state index is 15.0. The molecule has 1 aliphatic heterocycles. The fraction of sp³-hybridized carbons (Fsp3) is 0.240. The third-order valence-electron chi connectivity index (χ3n) is 5.95. The molecule has 3 aromatic rings. The summed E-state index contributed by atoms with van der Waals surface area (Å²) in [4.78, 5) is 30.6. The number of hydrogen-bond acceptors (Lipinski definition) is 5. The number of hydrogen-bond donors (Lipinski definition) is 1. The van der Waals surface area contributed by atoms with E-state index in [-0.39, 0.29) is 17.1 Å². The van der Waals surface area contributed by atoms with Crippen LogP contribution in [0.25, 0.3) is 0 Å². The lowest BCUT2D eigenvalue weighted by molar-refractivity contribution is -0.137. The topological polar surface area (TPSA) is 80.8 Å². The van der Waals surface area contributed by atoms with E-state index in [4.69, 9.17) is 4.74 Å². The summed E-state index contributed by atoms with van der Waals surface area (Å²) in [7, 11) is 1.16. The molecule has 206 valence electrons. The van der Waals surface area contributed by atoms with Crippen molar-refractivity contribution < 1.29 is 49.8 Å². The highest BCUT2D eigenvalue weighted by molar-refractivity contribution is 6.05. The molecule has 7 nitrogen and oxygen atoms in total. The summed E-state index contributed by atoms with van der Waals surface area (Å²) in [6.45, 7) is -3.78. The third-order valence-corrected chi connectivity index (χ3v) is 5.95. The van der Waals surface area contributed by atoms with Gasteiger partial charge in [-0.1, -0.05) is 0 Å². The molecule has 1 saturated heterocycles. The Morgan fingerprint density at radius 1 is 1.08 bits per heavy atom. The molecule has 2 heterocycles. The highest BCUT2D eigenvalue weighted by Gasteiger charge is 2.48. The standard InChI is InChI=1S/C25H18F7N3O4/c1-38-14-9-17(26)19(18(27)10-14)15-11-35(21-16(25(30,31)32)3-2-8-33-21)23(37)20(15)34-22(36)12-4-6-13(7-5-12)39-24(28)29/h2-10,15,20,24H,11H2,1H3,(H,34,36)/t15-,20-/m0/s1. The number of carbonyl (C=O) groups excluding carboxylic acids is 2. The van der Waals surface area contributed by atoms with Gasteiger partial charge in [-0.2, -0.15) is 22.0 Å². The Labute approximate surface area is 216 Å². The number of pyridine rings is 1. The monoisotopic (exact) mass is 557 g/mol. The Morgan fingerprint density at radius 3 is 2.28 bits per heavy atom. The maximum Gasteiger partial charge on any atom is 0.419 e. The second-order valence-corrected chi connectivity index (χ2v) is 8.29. The predicted octanol–water partition coefficient (Wildman–Crippen LogP) is 4.92. The van der Waals surface area contributed by atoms with Gasteiger partial charge in [0.2, 0.25) is 0 Å². The average Bonchev–Trinajstić information content (AvgIpc) is 3.18. The zero-order chi connectivity index (χ0) is 28.5. The van der Waals surface area contributed by atoms with Crippen LogP contribution in [0.5, 0.6) is 11.5 Å². The number of aromatic nitrogens is 1. The average molecular weight is 557 g/mol. The molecule has 1 aliphatic rings. The summed E-state index contributed by atoms with van der Waals surface area (Å²) < 4.78 is 105. The smallest absolute Gasteiger partial charge is 0.419 e. The molecule has 39 heavy (non-hydrogen) atoms. The van der Waals surface area contributed by atoms with Gasteiger partial charge >= 0.3 is 12.8 Å². The van der Waals surface area contributed by atoms with Crippen LogP contribution in [0, 0.1) is 11.6 Å². The maximum atomic E-state index is 15.0. The van der Waals surface area contributed by atoms with Crippen molar-refractivity contribution in [2.45, 2.75) is 24.7 Å². The quantitative estimate of drug-likeness (QED) is 0.418. The van der Waals surface area contributed by atoms with Crippen molar-refractivity contribution in [3.05, 3.63) is 83.1 Å². The van der Waals surface area contributed by atoms with E-state index in [1.54, 1.807) is 0 Å². The van der Waals surface area contributed by atoms with Gasteiger partial charge in [0.05, 0.1) is 12.7 Å². The van der Waals surface area contributed by atoms with Gasteiger partial charge in [-0.25, -0.2) is 13.8 Å². The highest BCUT2D eigenvalue weighted by atomic mass is 19.4. The van der Waals surface area contributed by atoms with E-state index in [1.807, 2.05) is 0 Å². The molecule has 0 radical (unpaired) electrons. The first kappa shape index (κ1) is 27.7. The number of methoxy groups -OCH3 is 1. The first-order chi connectivity index (χ1) is 18.4.